The number of aromatic nitrogens is 2. The van der Waals surface area contributed by atoms with E-state index in [0.29, 0.717) is 19.6 Å². The summed E-state index contributed by atoms with van der Waals surface area (Å²) in [6.45, 7) is 4.64. The van der Waals surface area contributed by atoms with Crippen LogP contribution in [0.3, 0.4) is 0 Å². The molecule has 1 N–H and O–H groups in total. The van der Waals surface area contributed by atoms with Gasteiger partial charge in [-0.1, -0.05) is 30.3 Å². The summed E-state index contributed by atoms with van der Waals surface area (Å²) in [4.78, 5) is 26.9. The van der Waals surface area contributed by atoms with Gasteiger partial charge in [0, 0.05) is 43.0 Å². The third-order valence-electron chi connectivity index (χ3n) is 6.08. The van der Waals surface area contributed by atoms with E-state index < -0.39 is 0 Å². The van der Waals surface area contributed by atoms with Crippen molar-refractivity contribution in [2.75, 3.05) is 37.7 Å². The molecule has 6 heteroatoms. The topological polar surface area (TPSA) is 69.6 Å². The number of aliphatic hydroxyl groups excluding tert-OH is 1. The van der Waals surface area contributed by atoms with Crippen molar-refractivity contribution in [3.63, 3.8) is 0 Å². The lowest BCUT2D eigenvalue weighted by molar-refractivity contribution is -0.136. The molecule has 0 saturated carbocycles. The van der Waals surface area contributed by atoms with E-state index in [-0.39, 0.29) is 18.4 Å². The van der Waals surface area contributed by atoms with Crippen LogP contribution in [0.25, 0.3) is 11.4 Å². The van der Waals surface area contributed by atoms with Crippen molar-refractivity contribution in [3.05, 3.63) is 41.6 Å². The summed E-state index contributed by atoms with van der Waals surface area (Å²) >= 11 is 0. The van der Waals surface area contributed by atoms with Gasteiger partial charge in [0.2, 0.25) is 5.91 Å². The van der Waals surface area contributed by atoms with Gasteiger partial charge in [0.1, 0.15) is 5.82 Å². The summed E-state index contributed by atoms with van der Waals surface area (Å²) in [7, 11) is 0. The predicted octanol–water partition coefficient (Wildman–Crippen LogP) is 2.69. The highest BCUT2D eigenvalue weighted by Crippen LogP contribution is 2.33. The van der Waals surface area contributed by atoms with E-state index in [9.17, 15) is 9.90 Å². The molecule has 154 valence electrons. The minimum absolute atomic E-state index is 0.00979. The van der Waals surface area contributed by atoms with Crippen LogP contribution in [0.1, 0.15) is 37.4 Å². The van der Waals surface area contributed by atoms with Crippen molar-refractivity contribution in [2.24, 2.45) is 5.92 Å². The number of aryl methyl sites for hydroxylation is 1. The molecule has 29 heavy (non-hydrogen) atoms. The van der Waals surface area contributed by atoms with E-state index in [1.54, 1.807) is 4.90 Å². The van der Waals surface area contributed by atoms with E-state index in [2.05, 4.69) is 17.0 Å². The molecule has 1 atom stereocenters. The van der Waals surface area contributed by atoms with Crippen molar-refractivity contribution in [1.82, 2.24) is 14.9 Å². The molecule has 1 aliphatic heterocycles. The molecule has 2 heterocycles. The molecule has 0 spiro atoms. The van der Waals surface area contributed by atoms with Crippen molar-refractivity contribution in [1.29, 1.82) is 0 Å². The Labute approximate surface area is 172 Å². The quantitative estimate of drug-likeness (QED) is 0.816. The van der Waals surface area contributed by atoms with E-state index in [1.807, 2.05) is 25.1 Å². The van der Waals surface area contributed by atoms with Crippen molar-refractivity contribution in [3.8, 4) is 11.4 Å². The normalized spacial score (nSPS) is 18.6. The van der Waals surface area contributed by atoms with Crippen LogP contribution in [0, 0.1) is 5.92 Å². The molecule has 1 fully saturated rings. The monoisotopic (exact) mass is 394 g/mol. The van der Waals surface area contributed by atoms with Crippen molar-refractivity contribution in [2.45, 2.75) is 39.0 Å². The van der Waals surface area contributed by atoms with Crippen LogP contribution in [0.4, 0.5) is 5.82 Å². The molecule has 0 bridgehead atoms. The summed E-state index contributed by atoms with van der Waals surface area (Å²) < 4.78 is 0. The molecule has 1 aromatic heterocycles. The van der Waals surface area contributed by atoms with Crippen LogP contribution in [0.5, 0.6) is 0 Å². The van der Waals surface area contributed by atoms with Gasteiger partial charge in [-0.15, -0.1) is 0 Å². The summed E-state index contributed by atoms with van der Waals surface area (Å²) in [6, 6.07) is 10.1. The average molecular weight is 395 g/mol. The number of rotatable bonds is 6. The Morgan fingerprint density at radius 1 is 1.21 bits per heavy atom. The third-order valence-corrected chi connectivity index (χ3v) is 6.08. The molecule has 1 saturated heterocycles. The Bertz CT molecular complexity index is 855. The number of hydrogen-bond donors (Lipinski definition) is 1. The van der Waals surface area contributed by atoms with Crippen LogP contribution >= 0.6 is 0 Å². The number of aliphatic hydroxyl groups is 1. The van der Waals surface area contributed by atoms with E-state index >= 15 is 0 Å². The van der Waals surface area contributed by atoms with Crippen LogP contribution < -0.4 is 4.90 Å². The molecule has 1 aromatic carbocycles. The molecular formula is C23H30N4O2. The zero-order valence-corrected chi connectivity index (χ0v) is 17.2. The average Bonchev–Trinajstić information content (AvgIpc) is 3.26. The second-order valence-corrected chi connectivity index (χ2v) is 7.94. The Balaban J connectivity index is 1.62. The van der Waals surface area contributed by atoms with Gasteiger partial charge in [-0.2, -0.15) is 0 Å². The lowest BCUT2D eigenvalue weighted by Gasteiger charge is -2.36. The number of piperidine rings is 1. The number of fused-ring (bicyclic) bond motifs is 1. The van der Waals surface area contributed by atoms with Crippen LogP contribution in [0.2, 0.25) is 0 Å². The highest BCUT2D eigenvalue weighted by atomic mass is 16.3. The molecular weight excluding hydrogens is 364 g/mol. The fourth-order valence-electron chi connectivity index (χ4n) is 4.56. The van der Waals surface area contributed by atoms with Gasteiger partial charge in [-0.05, 0) is 39.0 Å². The maximum atomic E-state index is 13.0. The molecule has 6 nitrogen and oxygen atoms in total. The second kappa shape index (κ2) is 8.91. The Morgan fingerprint density at radius 3 is 2.79 bits per heavy atom. The second-order valence-electron chi connectivity index (χ2n) is 7.94. The first-order chi connectivity index (χ1) is 14.2. The van der Waals surface area contributed by atoms with Gasteiger partial charge >= 0.3 is 0 Å². The van der Waals surface area contributed by atoms with Gasteiger partial charge in [-0.3, -0.25) is 4.79 Å². The fourth-order valence-corrected chi connectivity index (χ4v) is 4.56. The lowest BCUT2D eigenvalue weighted by Crippen LogP contribution is -2.46. The molecule has 1 aliphatic carbocycles. The lowest BCUT2D eigenvalue weighted by atomic mass is 9.96. The maximum absolute atomic E-state index is 13.0. The number of benzene rings is 1. The first-order valence-corrected chi connectivity index (χ1v) is 10.8. The molecule has 2 aromatic rings. The van der Waals surface area contributed by atoms with Crippen molar-refractivity contribution < 1.29 is 9.90 Å². The summed E-state index contributed by atoms with van der Waals surface area (Å²) in [5.41, 5.74) is 3.46. The van der Waals surface area contributed by atoms with E-state index in [4.69, 9.17) is 9.97 Å². The number of amides is 1. The van der Waals surface area contributed by atoms with Gasteiger partial charge in [-0.25, -0.2) is 9.97 Å². The standard InChI is InChI=1S/C23H30N4O2/c1-2-26(14-15-28)23(29)18-10-7-13-27(16-18)22-19-11-6-12-20(19)24-21(25-22)17-8-4-3-5-9-17/h3-5,8-9,18,28H,2,6-7,10-16H2,1H3/t18-/m0/s1. The maximum Gasteiger partial charge on any atom is 0.227 e. The summed E-state index contributed by atoms with van der Waals surface area (Å²) in [5, 5.41) is 9.27. The minimum Gasteiger partial charge on any atom is -0.395 e. The zero-order chi connectivity index (χ0) is 20.2. The number of carbonyl (C=O) groups is 1. The number of nitrogens with zero attached hydrogens (tertiary/aromatic N) is 4. The van der Waals surface area contributed by atoms with Gasteiger partial charge in [0.15, 0.2) is 5.82 Å². The molecule has 0 radical (unpaired) electrons. The minimum atomic E-state index is -0.0394. The van der Waals surface area contributed by atoms with E-state index in [1.165, 1.54) is 5.56 Å². The van der Waals surface area contributed by atoms with Crippen LogP contribution in [-0.2, 0) is 17.6 Å². The zero-order valence-electron chi connectivity index (χ0n) is 17.2. The highest BCUT2D eigenvalue weighted by Gasteiger charge is 2.32. The van der Waals surface area contributed by atoms with Gasteiger partial charge in [0.25, 0.3) is 0 Å². The number of hydrogen-bond acceptors (Lipinski definition) is 5. The number of likely N-dealkylation sites (N-methyl/N-ethyl adjacent to an activating group) is 1. The predicted molar refractivity (Wildman–Crippen MR) is 114 cm³/mol. The SMILES string of the molecule is CCN(CCO)C(=O)[C@H]1CCCN(c2nc(-c3ccccc3)nc3c2CCC3)C1. The molecule has 2 aliphatic rings. The Hall–Kier alpha value is -2.47. The number of anilines is 1. The van der Waals surface area contributed by atoms with Gasteiger partial charge in [0.05, 0.1) is 12.5 Å². The molecule has 0 unspecified atom stereocenters. The molecule has 4 rings (SSSR count). The van der Waals surface area contributed by atoms with Crippen LogP contribution in [0.15, 0.2) is 30.3 Å². The first kappa shape index (κ1) is 19.8. The Kier molecular flexibility index (Phi) is 6.09. The highest BCUT2D eigenvalue weighted by molar-refractivity contribution is 5.80. The molecule has 1 amide bonds. The Morgan fingerprint density at radius 2 is 2.03 bits per heavy atom. The fraction of sp³-hybridized carbons (Fsp3) is 0.522. The smallest absolute Gasteiger partial charge is 0.227 e. The first-order valence-electron chi connectivity index (χ1n) is 10.8. The summed E-state index contributed by atoms with van der Waals surface area (Å²) in [5.74, 6) is 1.92. The van der Waals surface area contributed by atoms with Crippen LogP contribution in [-0.4, -0.2) is 58.7 Å². The van der Waals surface area contributed by atoms with Crippen molar-refractivity contribution >= 4 is 11.7 Å². The van der Waals surface area contributed by atoms with Gasteiger partial charge < -0.3 is 14.9 Å². The third kappa shape index (κ3) is 4.13. The number of carbonyl (C=O) groups excluding carboxylic acids is 1. The largest absolute Gasteiger partial charge is 0.395 e. The summed E-state index contributed by atoms with van der Waals surface area (Å²) in [6.07, 6.45) is 5.01. The van der Waals surface area contributed by atoms with E-state index in [0.717, 1.165) is 61.5 Å².